The summed E-state index contributed by atoms with van der Waals surface area (Å²) in [7, 11) is 1.82. The molecule has 230 valence electrons. The zero-order chi connectivity index (χ0) is 31.2. The van der Waals surface area contributed by atoms with E-state index >= 15 is 0 Å². The second-order valence-corrected chi connectivity index (χ2v) is 12.1. The van der Waals surface area contributed by atoms with Gasteiger partial charge in [0.2, 0.25) is 5.16 Å². The van der Waals surface area contributed by atoms with Crippen LogP contribution in [-0.4, -0.2) is 43.1 Å². The monoisotopic (exact) mass is 621 g/mol. The third kappa shape index (κ3) is 7.32. The number of ether oxygens (including phenoxy) is 2. The van der Waals surface area contributed by atoms with Crippen molar-refractivity contribution in [3.63, 3.8) is 0 Å². The summed E-state index contributed by atoms with van der Waals surface area (Å²) < 4.78 is 15.0. The number of benzene rings is 4. The molecule has 0 aliphatic carbocycles. The van der Waals surface area contributed by atoms with Crippen molar-refractivity contribution in [1.29, 1.82) is 0 Å². The van der Waals surface area contributed by atoms with Gasteiger partial charge >= 0.3 is 0 Å². The van der Waals surface area contributed by atoms with E-state index in [1.807, 2.05) is 73.8 Å². The summed E-state index contributed by atoms with van der Waals surface area (Å²) >= 11 is 1.55. The highest BCUT2D eigenvalue weighted by Crippen LogP contribution is 2.43. The predicted molar refractivity (Wildman–Crippen MR) is 172 cm³/mol. The largest absolute Gasteiger partial charge is 0.392 e. The Balaban J connectivity index is 1.22. The van der Waals surface area contributed by atoms with E-state index in [2.05, 4.69) is 52.0 Å². The lowest BCUT2D eigenvalue weighted by Crippen LogP contribution is -2.38. The van der Waals surface area contributed by atoms with Crippen LogP contribution in [0.15, 0.2) is 108 Å². The van der Waals surface area contributed by atoms with Crippen LogP contribution in [0.25, 0.3) is 11.1 Å². The molecule has 0 spiro atoms. The van der Waals surface area contributed by atoms with Gasteiger partial charge in [-0.05, 0) is 62.5 Å². The van der Waals surface area contributed by atoms with E-state index in [1.54, 1.807) is 28.6 Å². The second-order valence-electron chi connectivity index (χ2n) is 11.1. The molecule has 0 saturated carbocycles. The molecule has 45 heavy (non-hydrogen) atoms. The Morgan fingerprint density at radius 2 is 1.64 bits per heavy atom. The number of amides is 1. The minimum Gasteiger partial charge on any atom is -0.392 e. The Morgan fingerprint density at radius 1 is 0.889 bits per heavy atom. The van der Waals surface area contributed by atoms with Gasteiger partial charge in [-0.2, -0.15) is 0 Å². The number of tetrazole rings is 1. The molecule has 2 N–H and O–H groups in total. The number of hydrogen-bond acceptors (Lipinski definition) is 8. The van der Waals surface area contributed by atoms with Crippen LogP contribution < -0.4 is 5.32 Å². The van der Waals surface area contributed by atoms with Crippen molar-refractivity contribution in [1.82, 2.24) is 25.5 Å². The van der Waals surface area contributed by atoms with E-state index in [4.69, 9.17) is 9.47 Å². The summed E-state index contributed by atoms with van der Waals surface area (Å²) in [6.07, 6.45) is -0.965. The molecule has 4 atom stereocenters. The standard InChI is InChI=1S/C35H35N5O4S/c1-23-31(22-45-35-37-38-39-40(35)2)43-34(44-32(23)26-16-14-24(21-41)15-17-26)30-13-7-12-29(19-30)28-11-6-8-25(18-28)20-36-33(42)27-9-4-3-5-10-27/h3-19,23,31-32,34,41H,20-22H2,1-2H3,(H,36,42)/t23-,31+,32+,34+/m1/s1. The van der Waals surface area contributed by atoms with Crippen LogP contribution in [0.4, 0.5) is 0 Å². The zero-order valence-corrected chi connectivity index (χ0v) is 25.9. The maximum absolute atomic E-state index is 12.6. The lowest BCUT2D eigenvalue weighted by Gasteiger charge is -2.41. The minimum absolute atomic E-state index is 0.00845. The number of nitrogens with zero attached hydrogens (tertiary/aromatic N) is 4. The first-order valence-electron chi connectivity index (χ1n) is 14.9. The number of aliphatic hydroxyl groups excluding tert-OH is 1. The number of aromatic nitrogens is 4. The molecule has 1 fully saturated rings. The smallest absolute Gasteiger partial charge is 0.251 e. The molecule has 0 unspecified atom stereocenters. The zero-order valence-electron chi connectivity index (χ0n) is 25.1. The van der Waals surface area contributed by atoms with E-state index in [0.29, 0.717) is 17.9 Å². The average Bonchev–Trinajstić information content (AvgIpc) is 3.51. The number of carbonyl (C=O) groups excluding carboxylic acids is 1. The highest BCUT2D eigenvalue weighted by atomic mass is 32.2. The van der Waals surface area contributed by atoms with Gasteiger partial charge in [-0.15, -0.1) is 5.10 Å². The molecule has 5 aromatic rings. The van der Waals surface area contributed by atoms with Crippen molar-refractivity contribution < 1.29 is 19.4 Å². The Labute approximate surface area is 266 Å². The third-order valence-corrected chi connectivity index (χ3v) is 9.09. The first kappa shape index (κ1) is 30.7. The summed E-state index contributed by atoms with van der Waals surface area (Å²) in [5.41, 5.74) is 6.49. The lowest BCUT2D eigenvalue weighted by atomic mass is 9.91. The Kier molecular flexibility index (Phi) is 9.66. The van der Waals surface area contributed by atoms with Gasteiger partial charge in [0.05, 0.1) is 18.8 Å². The quantitative estimate of drug-likeness (QED) is 0.186. The normalized spacial score (nSPS) is 19.7. The van der Waals surface area contributed by atoms with Crippen LogP contribution in [-0.2, 0) is 29.7 Å². The van der Waals surface area contributed by atoms with E-state index < -0.39 is 6.29 Å². The highest BCUT2D eigenvalue weighted by molar-refractivity contribution is 7.99. The van der Waals surface area contributed by atoms with Crippen LogP contribution in [0.2, 0.25) is 0 Å². The predicted octanol–water partition coefficient (Wildman–Crippen LogP) is 5.88. The molecule has 1 amide bonds. The highest BCUT2D eigenvalue weighted by Gasteiger charge is 2.38. The molecule has 0 bridgehead atoms. The maximum Gasteiger partial charge on any atom is 0.251 e. The average molecular weight is 622 g/mol. The minimum atomic E-state index is -0.597. The molecule has 2 heterocycles. The molecule has 1 aliphatic rings. The van der Waals surface area contributed by atoms with Crippen molar-refractivity contribution in [2.24, 2.45) is 13.0 Å². The first-order valence-corrected chi connectivity index (χ1v) is 15.9. The summed E-state index contributed by atoms with van der Waals surface area (Å²) in [6, 6.07) is 33.5. The summed E-state index contributed by atoms with van der Waals surface area (Å²) in [6.45, 7) is 2.55. The Bertz CT molecular complexity index is 1730. The fourth-order valence-electron chi connectivity index (χ4n) is 5.41. The fourth-order valence-corrected chi connectivity index (χ4v) is 6.42. The van der Waals surface area contributed by atoms with Crippen molar-refractivity contribution in [2.75, 3.05) is 5.75 Å². The first-order chi connectivity index (χ1) is 22.0. The van der Waals surface area contributed by atoms with Gasteiger partial charge < -0.3 is 19.9 Å². The molecule has 0 radical (unpaired) electrons. The van der Waals surface area contributed by atoms with Crippen molar-refractivity contribution in [3.05, 3.63) is 131 Å². The molecule has 9 nitrogen and oxygen atoms in total. The van der Waals surface area contributed by atoms with E-state index in [0.717, 1.165) is 38.5 Å². The molecular weight excluding hydrogens is 586 g/mol. The van der Waals surface area contributed by atoms with Gasteiger partial charge in [-0.25, -0.2) is 4.68 Å². The van der Waals surface area contributed by atoms with Gasteiger partial charge in [-0.1, -0.05) is 97.5 Å². The van der Waals surface area contributed by atoms with Crippen molar-refractivity contribution in [3.8, 4) is 11.1 Å². The summed E-state index contributed by atoms with van der Waals surface area (Å²) in [4.78, 5) is 12.6. The number of thioether (sulfide) groups is 1. The van der Waals surface area contributed by atoms with Gasteiger partial charge in [0, 0.05) is 36.4 Å². The van der Waals surface area contributed by atoms with Crippen LogP contribution in [0.1, 0.15) is 51.9 Å². The van der Waals surface area contributed by atoms with Crippen LogP contribution in [0.3, 0.4) is 0 Å². The van der Waals surface area contributed by atoms with Gasteiger partial charge in [0.1, 0.15) is 0 Å². The van der Waals surface area contributed by atoms with Gasteiger partial charge in [0.15, 0.2) is 6.29 Å². The van der Waals surface area contributed by atoms with Crippen LogP contribution >= 0.6 is 11.8 Å². The molecular formula is C35H35N5O4S. The van der Waals surface area contributed by atoms with E-state index in [-0.39, 0.29) is 30.6 Å². The van der Waals surface area contributed by atoms with Gasteiger partial charge in [0.25, 0.3) is 5.91 Å². The Hall–Kier alpha value is -4.35. The van der Waals surface area contributed by atoms with Crippen LogP contribution in [0, 0.1) is 5.92 Å². The fraction of sp³-hybridized carbons (Fsp3) is 0.257. The molecule has 1 saturated heterocycles. The molecule has 1 aliphatic heterocycles. The van der Waals surface area contributed by atoms with Crippen LogP contribution in [0.5, 0.6) is 0 Å². The summed E-state index contributed by atoms with van der Waals surface area (Å²) in [5.74, 6) is 0.588. The third-order valence-electron chi connectivity index (χ3n) is 7.99. The number of hydrogen-bond donors (Lipinski definition) is 2. The Morgan fingerprint density at radius 3 is 2.38 bits per heavy atom. The number of nitrogens with one attached hydrogen (secondary N) is 1. The number of aryl methyl sites for hydroxylation is 1. The van der Waals surface area contributed by atoms with E-state index in [1.165, 1.54) is 0 Å². The van der Waals surface area contributed by atoms with Crippen molar-refractivity contribution in [2.45, 2.75) is 43.7 Å². The molecule has 4 aromatic carbocycles. The molecule has 10 heteroatoms. The van der Waals surface area contributed by atoms with E-state index in [9.17, 15) is 9.90 Å². The SMILES string of the molecule is C[C@@H]1[C@H](CSc2nnnn2C)O[C@H](c2cccc(-c3cccc(CNC(=O)c4ccccc4)c3)c2)O[C@@H]1c1ccc(CO)cc1. The number of rotatable bonds is 10. The molecule has 6 rings (SSSR count). The maximum atomic E-state index is 12.6. The number of carbonyl (C=O) groups is 1. The van der Waals surface area contributed by atoms with Crippen molar-refractivity contribution >= 4 is 17.7 Å². The second kappa shape index (κ2) is 14.2. The van der Waals surface area contributed by atoms with Gasteiger partial charge in [-0.3, -0.25) is 4.79 Å². The topological polar surface area (TPSA) is 111 Å². The molecule has 1 aromatic heterocycles. The lowest BCUT2D eigenvalue weighted by molar-refractivity contribution is -0.268. The number of aliphatic hydroxyl groups is 1. The summed E-state index contributed by atoms with van der Waals surface area (Å²) in [5, 5.41) is 25.1.